The van der Waals surface area contributed by atoms with E-state index in [0.29, 0.717) is 6.10 Å². The van der Waals surface area contributed by atoms with Crippen LogP contribution in [-0.2, 0) is 0 Å². The van der Waals surface area contributed by atoms with Crippen LogP contribution < -0.4 is 4.74 Å². The molecule has 106 valence electrons. The van der Waals surface area contributed by atoms with Gasteiger partial charge in [-0.15, -0.1) is 0 Å². The maximum atomic E-state index is 9.84. The Kier molecular flexibility index (Phi) is 5.28. The number of halogens is 1. The predicted molar refractivity (Wildman–Crippen MR) is 81.4 cm³/mol. The van der Waals surface area contributed by atoms with Crippen LogP contribution in [0.5, 0.6) is 5.75 Å². The molecule has 1 fully saturated rings. The van der Waals surface area contributed by atoms with Crippen molar-refractivity contribution in [1.29, 1.82) is 0 Å². The monoisotopic (exact) mass is 326 g/mol. The van der Waals surface area contributed by atoms with Crippen molar-refractivity contribution in [3.05, 3.63) is 28.2 Å². The number of ether oxygens (including phenoxy) is 1. The molecule has 0 bridgehead atoms. The largest absolute Gasteiger partial charge is 0.490 e. The molecule has 0 aromatic heterocycles. The zero-order chi connectivity index (χ0) is 13.8. The van der Waals surface area contributed by atoms with Gasteiger partial charge in [-0.1, -0.05) is 29.3 Å². The molecular weight excluding hydrogens is 304 g/mol. The van der Waals surface area contributed by atoms with E-state index < -0.39 is 6.10 Å². The molecule has 0 heterocycles. The number of benzene rings is 1. The van der Waals surface area contributed by atoms with Crippen molar-refractivity contribution in [2.45, 2.75) is 58.2 Å². The van der Waals surface area contributed by atoms with E-state index >= 15 is 0 Å². The van der Waals surface area contributed by atoms with Gasteiger partial charge in [0.2, 0.25) is 0 Å². The first-order chi connectivity index (χ1) is 9.10. The van der Waals surface area contributed by atoms with Gasteiger partial charge in [-0.05, 0) is 56.7 Å². The quantitative estimate of drug-likeness (QED) is 0.856. The Hall–Kier alpha value is -0.540. The minimum absolute atomic E-state index is 0.307. The molecule has 1 aromatic rings. The van der Waals surface area contributed by atoms with Crippen LogP contribution in [0.3, 0.4) is 0 Å². The van der Waals surface area contributed by atoms with Gasteiger partial charge in [0.05, 0.1) is 12.2 Å². The van der Waals surface area contributed by atoms with Gasteiger partial charge < -0.3 is 9.84 Å². The van der Waals surface area contributed by atoms with Gasteiger partial charge in [0.15, 0.2) is 0 Å². The smallest absolute Gasteiger partial charge is 0.125 e. The van der Waals surface area contributed by atoms with E-state index in [1.165, 1.54) is 19.3 Å². The Labute approximate surface area is 124 Å². The molecule has 1 atom stereocenters. The summed E-state index contributed by atoms with van der Waals surface area (Å²) in [4.78, 5) is 0. The summed E-state index contributed by atoms with van der Waals surface area (Å²) in [7, 11) is 0. The Morgan fingerprint density at radius 2 is 2.00 bits per heavy atom. The Morgan fingerprint density at radius 3 is 2.58 bits per heavy atom. The molecular formula is C16H23BrO2. The van der Waals surface area contributed by atoms with Gasteiger partial charge in [0, 0.05) is 10.0 Å². The summed E-state index contributed by atoms with van der Waals surface area (Å²) in [5.74, 6) is 1.71. The lowest BCUT2D eigenvalue weighted by molar-refractivity contribution is 0.122. The molecule has 3 heteroatoms. The van der Waals surface area contributed by atoms with Crippen LogP contribution in [0.4, 0.5) is 0 Å². The van der Waals surface area contributed by atoms with E-state index in [1.54, 1.807) is 6.92 Å². The van der Waals surface area contributed by atoms with E-state index in [9.17, 15) is 5.11 Å². The highest BCUT2D eigenvalue weighted by molar-refractivity contribution is 9.10. The molecule has 19 heavy (non-hydrogen) atoms. The molecule has 0 unspecified atom stereocenters. The van der Waals surface area contributed by atoms with Crippen LogP contribution in [0.15, 0.2) is 22.7 Å². The lowest BCUT2D eigenvalue weighted by atomic mass is 9.86. The molecule has 0 amide bonds. The summed E-state index contributed by atoms with van der Waals surface area (Å²) >= 11 is 3.44. The summed E-state index contributed by atoms with van der Waals surface area (Å²) in [6.07, 6.45) is 5.88. The van der Waals surface area contributed by atoms with E-state index in [2.05, 4.69) is 22.9 Å². The molecule has 2 rings (SSSR count). The highest BCUT2D eigenvalue weighted by Gasteiger charge is 2.22. The standard InChI is InChI=1S/C16H23BrO2/c1-3-12-4-7-14(8-5-12)19-16-9-6-13(17)10-15(16)11(2)18/h6,9-12,14,18H,3-5,7-8H2,1-2H3/t11-,12?,14?/m1/s1. The molecule has 0 aliphatic heterocycles. The van der Waals surface area contributed by atoms with Crippen molar-refractivity contribution < 1.29 is 9.84 Å². The van der Waals surface area contributed by atoms with Gasteiger partial charge >= 0.3 is 0 Å². The SMILES string of the molecule is CCC1CCC(Oc2ccc(Br)cc2[C@@H](C)O)CC1. The molecule has 0 radical (unpaired) electrons. The third-order valence-electron chi connectivity index (χ3n) is 4.09. The van der Waals surface area contributed by atoms with Crippen LogP contribution in [0, 0.1) is 5.92 Å². The minimum atomic E-state index is -0.500. The van der Waals surface area contributed by atoms with E-state index in [4.69, 9.17) is 4.74 Å². The van der Waals surface area contributed by atoms with Gasteiger partial charge in [0.25, 0.3) is 0 Å². The Bertz CT molecular complexity index is 409. The maximum absolute atomic E-state index is 9.84. The zero-order valence-electron chi connectivity index (χ0n) is 11.7. The third kappa shape index (κ3) is 3.96. The van der Waals surface area contributed by atoms with Crippen molar-refractivity contribution >= 4 is 15.9 Å². The van der Waals surface area contributed by atoms with Gasteiger partial charge in [0.1, 0.15) is 5.75 Å². The first-order valence-corrected chi connectivity index (χ1v) is 8.03. The molecule has 1 aliphatic carbocycles. The summed E-state index contributed by atoms with van der Waals surface area (Å²) < 4.78 is 7.09. The van der Waals surface area contributed by atoms with Gasteiger partial charge in [-0.3, -0.25) is 0 Å². The third-order valence-corrected chi connectivity index (χ3v) is 4.58. The molecule has 1 saturated carbocycles. The predicted octanol–water partition coefficient (Wildman–Crippen LogP) is 4.85. The molecule has 2 nitrogen and oxygen atoms in total. The second-order valence-corrected chi connectivity index (χ2v) is 6.44. The van der Waals surface area contributed by atoms with Crippen molar-refractivity contribution in [2.75, 3.05) is 0 Å². The summed E-state index contributed by atoms with van der Waals surface area (Å²) in [6, 6.07) is 5.87. The van der Waals surface area contributed by atoms with E-state index in [0.717, 1.165) is 34.5 Å². The second-order valence-electron chi connectivity index (χ2n) is 5.53. The first-order valence-electron chi connectivity index (χ1n) is 7.24. The average Bonchev–Trinajstić information content (AvgIpc) is 2.41. The Balaban J connectivity index is 2.03. The molecule has 0 saturated heterocycles. The first kappa shape index (κ1) is 14.9. The summed E-state index contributed by atoms with van der Waals surface area (Å²) in [6.45, 7) is 4.05. The average molecular weight is 327 g/mol. The maximum Gasteiger partial charge on any atom is 0.125 e. The van der Waals surface area contributed by atoms with Crippen LogP contribution >= 0.6 is 15.9 Å². The lowest BCUT2D eigenvalue weighted by Gasteiger charge is -2.29. The highest BCUT2D eigenvalue weighted by atomic mass is 79.9. The summed E-state index contributed by atoms with van der Waals surface area (Å²) in [5.41, 5.74) is 0.868. The number of hydrogen-bond donors (Lipinski definition) is 1. The van der Waals surface area contributed by atoms with Crippen LogP contribution in [0.2, 0.25) is 0 Å². The van der Waals surface area contributed by atoms with Crippen LogP contribution in [-0.4, -0.2) is 11.2 Å². The fraction of sp³-hybridized carbons (Fsp3) is 0.625. The molecule has 1 N–H and O–H groups in total. The van der Waals surface area contributed by atoms with Gasteiger partial charge in [-0.2, -0.15) is 0 Å². The highest BCUT2D eigenvalue weighted by Crippen LogP contribution is 2.33. The van der Waals surface area contributed by atoms with Crippen molar-refractivity contribution in [3.63, 3.8) is 0 Å². The molecule has 1 aliphatic rings. The van der Waals surface area contributed by atoms with Crippen LogP contribution in [0.25, 0.3) is 0 Å². The number of hydrogen-bond acceptors (Lipinski definition) is 2. The zero-order valence-corrected chi connectivity index (χ0v) is 13.3. The molecule has 0 spiro atoms. The second kappa shape index (κ2) is 6.76. The number of rotatable bonds is 4. The summed E-state index contributed by atoms with van der Waals surface area (Å²) in [5, 5.41) is 9.84. The molecule has 1 aromatic carbocycles. The van der Waals surface area contributed by atoms with Crippen molar-refractivity contribution in [2.24, 2.45) is 5.92 Å². The Morgan fingerprint density at radius 1 is 1.32 bits per heavy atom. The van der Waals surface area contributed by atoms with Crippen LogP contribution in [0.1, 0.15) is 57.6 Å². The van der Waals surface area contributed by atoms with Crippen molar-refractivity contribution in [1.82, 2.24) is 0 Å². The number of aliphatic hydroxyl groups is 1. The van der Waals surface area contributed by atoms with E-state index in [-0.39, 0.29) is 0 Å². The minimum Gasteiger partial charge on any atom is -0.490 e. The topological polar surface area (TPSA) is 29.5 Å². The van der Waals surface area contributed by atoms with E-state index in [1.807, 2.05) is 18.2 Å². The fourth-order valence-corrected chi connectivity index (χ4v) is 3.17. The van der Waals surface area contributed by atoms with Crippen molar-refractivity contribution in [3.8, 4) is 5.75 Å². The number of aliphatic hydroxyl groups excluding tert-OH is 1. The lowest BCUT2D eigenvalue weighted by Crippen LogP contribution is -2.24. The van der Waals surface area contributed by atoms with Gasteiger partial charge in [-0.25, -0.2) is 0 Å². The normalized spacial score (nSPS) is 25.1. The fourth-order valence-electron chi connectivity index (χ4n) is 2.79.